The maximum Gasteiger partial charge on any atom is 0.161 e. The Balaban J connectivity index is 2.61. The van der Waals surface area contributed by atoms with E-state index in [0.29, 0.717) is 12.4 Å². The monoisotopic (exact) mass is 180 g/mol. The number of ether oxygens (including phenoxy) is 1. The topological polar surface area (TPSA) is 29.5 Å². The first kappa shape index (κ1) is 9.90. The number of phenolic OH excluding ortho intramolecular Hbond substituents is 1. The fourth-order valence-corrected chi connectivity index (χ4v) is 1.07. The van der Waals surface area contributed by atoms with Crippen LogP contribution in [0.5, 0.6) is 11.5 Å². The Morgan fingerprint density at radius 1 is 1.38 bits per heavy atom. The average Bonchev–Trinajstić information content (AvgIpc) is 2.13. The van der Waals surface area contributed by atoms with Gasteiger partial charge in [0, 0.05) is 0 Å². The summed E-state index contributed by atoms with van der Waals surface area (Å²) in [7, 11) is 0. The molecule has 0 aliphatic rings. The van der Waals surface area contributed by atoms with Crippen molar-refractivity contribution in [2.24, 2.45) is 0 Å². The molecule has 0 saturated carbocycles. The van der Waals surface area contributed by atoms with Gasteiger partial charge in [-0.1, -0.05) is 25.5 Å². The summed E-state index contributed by atoms with van der Waals surface area (Å²) in [5.41, 5.74) is 0.856. The first-order valence-electron chi connectivity index (χ1n) is 4.67. The van der Waals surface area contributed by atoms with Crippen LogP contribution in [0.4, 0.5) is 0 Å². The molecule has 72 valence electrons. The zero-order valence-electron chi connectivity index (χ0n) is 8.21. The average molecular weight is 180 g/mol. The van der Waals surface area contributed by atoms with Crippen molar-refractivity contribution in [2.45, 2.75) is 26.7 Å². The lowest BCUT2D eigenvalue weighted by Gasteiger charge is -2.08. The van der Waals surface area contributed by atoms with Gasteiger partial charge in [-0.05, 0) is 25.0 Å². The zero-order valence-corrected chi connectivity index (χ0v) is 8.21. The van der Waals surface area contributed by atoms with E-state index in [1.54, 1.807) is 6.07 Å². The molecule has 1 aromatic carbocycles. The second kappa shape index (κ2) is 4.75. The number of aromatic hydroxyl groups is 1. The number of benzene rings is 1. The van der Waals surface area contributed by atoms with Crippen LogP contribution >= 0.6 is 0 Å². The normalized spacial score (nSPS) is 10.0. The van der Waals surface area contributed by atoms with Crippen LogP contribution in [-0.2, 0) is 0 Å². The molecule has 0 heterocycles. The molecule has 0 radical (unpaired) electrons. The lowest BCUT2D eigenvalue weighted by molar-refractivity contribution is 0.292. The molecular formula is C11H16O2. The van der Waals surface area contributed by atoms with Crippen molar-refractivity contribution in [2.75, 3.05) is 6.61 Å². The smallest absolute Gasteiger partial charge is 0.161 e. The Labute approximate surface area is 79.2 Å². The Morgan fingerprint density at radius 3 is 2.85 bits per heavy atom. The summed E-state index contributed by atoms with van der Waals surface area (Å²) in [6.07, 6.45) is 2.12. The zero-order chi connectivity index (χ0) is 9.68. The van der Waals surface area contributed by atoms with Gasteiger partial charge in [-0.2, -0.15) is 0 Å². The van der Waals surface area contributed by atoms with Gasteiger partial charge in [-0.3, -0.25) is 0 Å². The molecule has 0 amide bonds. The summed E-state index contributed by atoms with van der Waals surface area (Å²) in [6.45, 7) is 4.65. The van der Waals surface area contributed by atoms with E-state index in [-0.39, 0.29) is 5.75 Å². The van der Waals surface area contributed by atoms with Crippen molar-refractivity contribution in [3.05, 3.63) is 23.8 Å². The molecule has 0 fully saturated rings. The Bertz CT molecular complexity index is 269. The van der Waals surface area contributed by atoms with Gasteiger partial charge in [0.05, 0.1) is 6.61 Å². The van der Waals surface area contributed by atoms with Crippen molar-refractivity contribution in [3.63, 3.8) is 0 Å². The molecule has 13 heavy (non-hydrogen) atoms. The fraction of sp³-hybridized carbons (Fsp3) is 0.455. The number of unbranched alkanes of at least 4 members (excludes halogenated alkanes) is 1. The standard InChI is InChI=1S/C11H16O2/c1-3-4-8-13-10-7-5-6-9(2)11(10)12/h5-7,12H,3-4,8H2,1-2H3. The van der Waals surface area contributed by atoms with Crippen LogP contribution in [0.3, 0.4) is 0 Å². The molecule has 2 nitrogen and oxygen atoms in total. The molecular weight excluding hydrogens is 164 g/mol. The van der Waals surface area contributed by atoms with Gasteiger partial charge in [0.2, 0.25) is 0 Å². The highest BCUT2D eigenvalue weighted by molar-refractivity contribution is 5.44. The van der Waals surface area contributed by atoms with Gasteiger partial charge < -0.3 is 9.84 Å². The Hall–Kier alpha value is -1.18. The van der Waals surface area contributed by atoms with E-state index in [2.05, 4.69) is 6.92 Å². The van der Waals surface area contributed by atoms with Crippen LogP contribution in [0.25, 0.3) is 0 Å². The van der Waals surface area contributed by atoms with Gasteiger partial charge in [0.1, 0.15) is 0 Å². The molecule has 0 bridgehead atoms. The molecule has 0 aliphatic heterocycles. The maximum absolute atomic E-state index is 9.57. The largest absolute Gasteiger partial charge is 0.504 e. The van der Waals surface area contributed by atoms with Crippen LogP contribution in [0, 0.1) is 6.92 Å². The van der Waals surface area contributed by atoms with Crippen molar-refractivity contribution in [1.29, 1.82) is 0 Å². The second-order valence-electron chi connectivity index (χ2n) is 3.12. The third-order valence-corrected chi connectivity index (χ3v) is 1.96. The van der Waals surface area contributed by atoms with Gasteiger partial charge >= 0.3 is 0 Å². The van der Waals surface area contributed by atoms with Gasteiger partial charge in [0.15, 0.2) is 11.5 Å². The summed E-state index contributed by atoms with van der Waals surface area (Å²) >= 11 is 0. The highest BCUT2D eigenvalue weighted by Gasteiger charge is 2.03. The van der Waals surface area contributed by atoms with Gasteiger partial charge in [0.25, 0.3) is 0 Å². The first-order valence-corrected chi connectivity index (χ1v) is 4.67. The quantitative estimate of drug-likeness (QED) is 0.722. The number of rotatable bonds is 4. The minimum atomic E-state index is 0.263. The van der Waals surface area contributed by atoms with E-state index < -0.39 is 0 Å². The van der Waals surface area contributed by atoms with Gasteiger partial charge in [-0.15, -0.1) is 0 Å². The summed E-state index contributed by atoms with van der Waals surface area (Å²) in [5.74, 6) is 0.854. The second-order valence-corrected chi connectivity index (χ2v) is 3.12. The van der Waals surface area contributed by atoms with Gasteiger partial charge in [-0.25, -0.2) is 0 Å². The molecule has 1 aromatic rings. The van der Waals surface area contributed by atoms with Crippen LogP contribution in [0.15, 0.2) is 18.2 Å². The van der Waals surface area contributed by atoms with E-state index in [4.69, 9.17) is 4.74 Å². The molecule has 1 N–H and O–H groups in total. The number of aryl methyl sites for hydroxylation is 1. The predicted molar refractivity (Wildman–Crippen MR) is 53.2 cm³/mol. The van der Waals surface area contributed by atoms with Crippen molar-refractivity contribution < 1.29 is 9.84 Å². The molecule has 2 heteroatoms. The third-order valence-electron chi connectivity index (χ3n) is 1.96. The maximum atomic E-state index is 9.57. The third kappa shape index (κ3) is 2.65. The van der Waals surface area contributed by atoms with E-state index >= 15 is 0 Å². The minimum Gasteiger partial charge on any atom is -0.504 e. The molecule has 0 atom stereocenters. The summed E-state index contributed by atoms with van der Waals surface area (Å²) in [5, 5.41) is 9.57. The van der Waals surface area contributed by atoms with Crippen molar-refractivity contribution in [3.8, 4) is 11.5 Å². The van der Waals surface area contributed by atoms with Crippen LogP contribution in [0.2, 0.25) is 0 Å². The first-order chi connectivity index (χ1) is 6.25. The summed E-state index contributed by atoms with van der Waals surface area (Å²) < 4.78 is 5.41. The molecule has 0 aliphatic carbocycles. The number of hydrogen-bond donors (Lipinski definition) is 1. The van der Waals surface area contributed by atoms with E-state index in [0.717, 1.165) is 18.4 Å². The summed E-state index contributed by atoms with van der Waals surface area (Å²) in [4.78, 5) is 0. The van der Waals surface area contributed by atoms with E-state index in [9.17, 15) is 5.11 Å². The highest BCUT2D eigenvalue weighted by atomic mass is 16.5. The lowest BCUT2D eigenvalue weighted by Crippen LogP contribution is -1.96. The number of hydrogen-bond acceptors (Lipinski definition) is 2. The lowest BCUT2D eigenvalue weighted by atomic mass is 10.2. The molecule has 1 rings (SSSR count). The molecule has 0 unspecified atom stereocenters. The van der Waals surface area contributed by atoms with E-state index in [1.165, 1.54) is 0 Å². The fourth-order valence-electron chi connectivity index (χ4n) is 1.07. The van der Waals surface area contributed by atoms with Crippen molar-refractivity contribution >= 4 is 0 Å². The van der Waals surface area contributed by atoms with Crippen LogP contribution in [-0.4, -0.2) is 11.7 Å². The Morgan fingerprint density at radius 2 is 2.15 bits per heavy atom. The number of phenols is 1. The van der Waals surface area contributed by atoms with Crippen LogP contribution < -0.4 is 4.74 Å². The Kier molecular flexibility index (Phi) is 3.62. The molecule has 0 spiro atoms. The SMILES string of the molecule is CCCCOc1cccc(C)c1O. The van der Waals surface area contributed by atoms with E-state index in [1.807, 2.05) is 19.1 Å². The highest BCUT2D eigenvalue weighted by Crippen LogP contribution is 2.28. The van der Waals surface area contributed by atoms with Crippen molar-refractivity contribution in [1.82, 2.24) is 0 Å². The molecule has 0 aromatic heterocycles. The molecule has 0 saturated heterocycles. The summed E-state index contributed by atoms with van der Waals surface area (Å²) in [6, 6.07) is 5.54. The predicted octanol–water partition coefficient (Wildman–Crippen LogP) is 2.88. The minimum absolute atomic E-state index is 0.263. The number of para-hydroxylation sites is 1. The van der Waals surface area contributed by atoms with Crippen LogP contribution in [0.1, 0.15) is 25.3 Å².